The van der Waals surface area contributed by atoms with Gasteiger partial charge in [-0.2, -0.15) is 0 Å². The summed E-state index contributed by atoms with van der Waals surface area (Å²) in [6.07, 6.45) is 3.39. The summed E-state index contributed by atoms with van der Waals surface area (Å²) in [7, 11) is 1.86. The minimum absolute atomic E-state index is 0.0482. The van der Waals surface area contributed by atoms with Crippen molar-refractivity contribution in [3.05, 3.63) is 35.3 Å². The highest BCUT2D eigenvalue weighted by molar-refractivity contribution is 5.75. The van der Waals surface area contributed by atoms with Gasteiger partial charge in [-0.1, -0.05) is 13.8 Å². The van der Waals surface area contributed by atoms with E-state index in [4.69, 9.17) is 4.42 Å². The van der Waals surface area contributed by atoms with E-state index in [0.29, 0.717) is 5.82 Å². The highest BCUT2D eigenvalue weighted by Gasteiger charge is 2.35. The lowest BCUT2D eigenvalue weighted by Crippen LogP contribution is -2.42. The minimum Gasteiger partial charge on any atom is -0.466 e. The lowest BCUT2D eigenvalue weighted by atomic mass is 9.75. The van der Waals surface area contributed by atoms with Gasteiger partial charge in [0.2, 0.25) is 0 Å². The number of aryl methyl sites for hydroxylation is 2. The third-order valence-electron chi connectivity index (χ3n) is 4.52. The number of nitrogens with zero attached hydrogens (tertiary/aromatic N) is 3. The van der Waals surface area contributed by atoms with Crippen LogP contribution in [-0.4, -0.2) is 20.8 Å². The van der Waals surface area contributed by atoms with Gasteiger partial charge in [0.25, 0.3) is 0 Å². The molecule has 0 saturated carbocycles. The van der Waals surface area contributed by atoms with Crippen molar-refractivity contribution in [1.29, 1.82) is 0 Å². The second-order valence-electron chi connectivity index (χ2n) is 7.47. The first-order chi connectivity index (χ1) is 11.2. The quantitative estimate of drug-likeness (QED) is 0.905. The Morgan fingerprint density at radius 2 is 2.25 bits per heavy atom. The van der Waals surface area contributed by atoms with Crippen molar-refractivity contribution in [1.82, 2.24) is 25.4 Å². The van der Waals surface area contributed by atoms with E-state index in [9.17, 15) is 4.79 Å². The van der Waals surface area contributed by atoms with Crippen LogP contribution < -0.4 is 10.6 Å². The van der Waals surface area contributed by atoms with Crippen LogP contribution in [-0.2, 0) is 13.5 Å². The van der Waals surface area contributed by atoms with E-state index in [1.54, 1.807) is 10.9 Å². The van der Waals surface area contributed by atoms with Gasteiger partial charge in [-0.15, -0.1) is 10.2 Å². The molecule has 0 unspecified atom stereocenters. The molecule has 7 nitrogen and oxygen atoms in total. The van der Waals surface area contributed by atoms with Crippen molar-refractivity contribution >= 4 is 6.03 Å². The standard InChI is InChI=1S/C17H25N5O2/c1-10-6-12-13(7-17(3,4)8-14(12)24-10)20-16(23)19-11(2)15-21-18-9-22(15)5/h6,9,11,13H,7-8H2,1-5H3,(H2,19,20,23)/t11-,13-/m1/s1. The molecule has 0 aromatic carbocycles. The van der Waals surface area contributed by atoms with Crippen LogP contribution in [0.5, 0.6) is 0 Å². The first kappa shape index (κ1) is 16.5. The molecule has 0 saturated heterocycles. The molecule has 0 radical (unpaired) electrons. The van der Waals surface area contributed by atoms with Gasteiger partial charge >= 0.3 is 6.03 Å². The van der Waals surface area contributed by atoms with Crippen LogP contribution in [0.4, 0.5) is 4.79 Å². The third-order valence-corrected chi connectivity index (χ3v) is 4.52. The Kier molecular flexibility index (Phi) is 4.11. The number of carbonyl (C=O) groups excluding carboxylic acids is 1. The number of nitrogens with one attached hydrogen (secondary N) is 2. The Morgan fingerprint density at radius 3 is 2.92 bits per heavy atom. The summed E-state index contributed by atoms with van der Waals surface area (Å²) in [5.41, 5.74) is 1.18. The molecular formula is C17H25N5O2. The topological polar surface area (TPSA) is 85.0 Å². The number of aromatic nitrogens is 3. The van der Waals surface area contributed by atoms with Crippen LogP contribution in [0, 0.1) is 12.3 Å². The molecule has 2 amide bonds. The SMILES string of the molecule is Cc1cc2c(o1)CC(C)(C)C[C@H]2NC(=O)N[C@H](C)c1nncn1C. The molecule has 1 aliphatic rings. The van der Waals surface area contributed by atoms with Crippen LogP contribution in [0.1, 0.15) is 62.2 Å². The van der Waals surface area contributed by atoms with Gasteiger partial charge in [-0.3, -0.25) is 0 Å². The molecule has 2 atom stereocenters. The molecule has 3 rings (SSSR count). The third kappa shape index (κ3) is 3.29. The van der Waals surface area contributed by atoms with Crippen molar-refractivity contribution in [2.24, 2.45) is 12.5 Å². The van der Waals surface area contributed by atoms with Crippen LogP contribution >= 0.6 is 0 Å². The monoisotopic (exact) mass is 331 g/mol. The number of amides is 2. The Labute approximate surface area is 141 Å². The molecule has 0 bridgehead atoms. The maximum Gasteiger partial charge on any atom is 0.315 e. The molecule has 0 fully saturated rings. The number of urea groups is 1. The highest BCUT2D eigenvalue weighted by Crippen LogP contribution is 2.41. The minimum atomic E-state index is -0.223. The fraction of sp³-hybridized carbons (Fsp3) is 0.588. The molecule has 0 aliphatic heterocycles. The van der Waals surface area contributed by atoms with Gasteiger partial charge in [0.05, 0.1) is 12.1 Å². The number of furan rings is 1. The Bertz CT molecular complexity index is 746. The number of rotatable bonds is 3. The summed E-state index contributed by atoms with van der Waals surface area (Å²) in [5, 5.41) is 13.9. The van der Waals surface area contributed by atoms with Gasteiger partial charge in [-0.25, -0.2) is 4.79 Å². The van der Waals surface area contributed by atoms with E-state index in [2.05, 4.69) is 34.7 Å². The molecule has 2 N–H and O–H groups in total. The maximum atomic E-state index is 12.4. The van der Waals surface area contributed by atoms with Crippen LogP contribution in [0.2, 0.25) is 0 Å². The number of hydrogen-bond donors (Lipinski definition) is 2. The van der Waals surface area contributed by atoms with Crippen molar-refractivity contribution in [3.63, 3.8) is 0 Å². The second-order valence-corrected chi connectivity index (χ2v) is 7.47. The van der Waals surface area contributed by atoms with Crippen molar-refractivity contribution < 1.29 is 9.21 Å². The zero-order chi connectivity index (χ0) is 17.5. The molecular weight excluding hydrogens is 306 g/mol. The zero-order valence-electron chi connectivity index (χ0n) is 14.9. The predicted octanol–water partition coefficient (Wildman–Crippen LogP) is 2.79. The normalized spacial score (nSPS) is 20.3. The summed E-state index contributed by atoms with van der Waals surface area (Å²) < 4.78 is 7.61. The van der Waals surface area contributed by atoms with Crippen molar-refractivity contribution in [3.8, 4) is 0 Å². The van der Waals surface area contributed by atoms with Crippen LogP contribution in [0.3, 0.4) is 0 Å². The average Bonchev–Trinajstić information content (AvgIpc) is 3.02. The molecule has 130 valence electrons. The van der Waals surface area contributed by atoms with E-state index in [1.807, 2.05) is 27.0 Å². The maximum absolute atomic E-state index is 12.4. The second kappa shape index (κ2) is 5.96. The van der Waals surface area contributed by atoms with E-state index < -0.39 is 0 Å². The van der Waals surface area contributed by atoms with Gasteiger partial charge in [0, 0.05) is 19.0 Å². The summed E-state index contributed by atoms with van der Waals surface area (Å²) in [6.45, 7) is 8.23. The van der Waals surface area contributed by atoms with E-state index >= 15 is 0 Å². The van der Waals surface area contributed by atoms with Crippen molar-refractivity contribution in [2.45, 2.75) is 52.6 Å². The van der Waals surface area contributed by atoms with Crippen LogP contribution in [0.25, 0.3) is 0 Å². The Balaban J connectivity index is 1.71. The van der Waals surface area contributed by atoms with Gasteiger partial charge in [0.15, 0.2) is 5.82 Å². The molecule has 7 heteroatoms. The smallest absolute Gasteiger partial charge is 0.315 e. The Hall–Kier alpha value is -2.31. The number of fused-ring (bicyclic) bond motifs is 1. The molecule has 2 heterocycles. The predicted molar refractivity (Wildman–Crippen MR) is 89.4 cm³/mol. The fourth-order valence-corrected chi connectivity index (χ4v) is 3.46. The lowest BCUT2D eigenvalue weighted by Gasteiger charge is -2.34. The fourth-order valence-electron chi connectivity index (χ4n) is 3.46. The largest absolute Gasteiger partial charge is 0.466 e. The zero-order valence-corrected chi connectivity index (χ0v) is 14.9. The highest BCUT2D eigenvalue weighted by atomic mass is 16.3. The van der Waals surface area contributed by atoms with Gasteiger partial charge in [-0.05, 0) is 31.7 Å². The molecule has 24 heavy (non-hydrogen) atoms. The Morgan fingerprint density at radius 1 is 1.50 bits per heavy atom. The lowest BCUT2D eigenvalue weighted by molar-refractivity contribution is 0.212. The first-order valence-corrected chi connectivity index (χ1v) is 8.25. The van der Waals surface area contributed by atoms with E-state index in [1.165, 1.54) is 0 Å². The number of hydrogen-bond acceptors (Lipinski definition) is 4. The number of carbonyl (C=O) groups is 1. The van der Waals surface area contributed by atoms with E-state index in [0.717, 1.165) is 29.9 Å². The van der Waals surface area contributed by atoms with E-state index in [-0.39, 0.29) is 23.5 Å². The molecule has 0 spiro atoms. The summed E-state index contributed by atoms with van der Waals surface area (Å²) >= 11 is 0. The first-order valence-electron chi connectivity index (χ1n) is 8.25. The molecule has 2 aromatic heterocycles. The summed E-state index contributed by atoms with van der Waals surface area (Å²) in [4.78, 5) is 12.4. The molecule has 1 aliphatic carbocycles. The van der Waals surface area contributed by atoms with Gasteiger partial charge < -0.3 is 19.6 Å². The average molecular weight is 331 g/mol. The summed E-state index contributed by atoms with van der Waals surface area (Å²) in [6, 6.07) is 1.55. The van der Waals surface area contributed by atoms with Gasteiger partial charge in [0.1, 0.15) is 17.8 Å². The van der Waals surface area contributed by atoms with Crippen molar-refractivity contribution in [2.75, 3.05) is 0 Å². The summed E-state index contributed by atoms with van der Waals surface area (Å²) in [5.74, 6) is 2.58. The van der Waals surface area contributed by atoms with Crippen LogP contribution in [0.15, 0.2) is 16.8 Å². The molecule has 2 aromatic rings.